The van der Waals surface area contributed by atoms with Crippen LogP contribution in [0.1, 0.15) is 17.3 Å². The number of anilines is 1. The number of benzene rings is 2. The molecule has 0 saturated heterocycles. The Morgan fingerprint density at radius 1 is 1.17 bits per heavy atom. The minimum atomic E-state index is -0.491. The third-order valence-corrected chi connectivity index (χ3v) is 3.13. The lowest BCUT2D eigenvalue weighted by molar-refractivity contribution is -0.384. The van der Waals surface area contributed by atoms with Crippen molar-refractivity contribution in [2.24, 2.45) is 0 Å². The normalized spacial score (nSPS) is 10.2. The number of nitro groups is 1. The van der Waals surface area contributed by atoms with Crippen LogP contribution in [0.25, 0.3) is 0 Å². The largest absolute Gasteiger partial charge is 0.491 e. The summed E-state index contributed by atoms with van der Waals surface area (Å²) in [4.78, 5) is 22.4. The maximum Gasteiger partial charge on any atom is 0.269 e. The van der Waals surface area contributed by atoms with Crippen molar-refractivity contribution in [3.05, 3.63) is 64.2 Å². The second kappa shape index (κ2) is 8.64. The van der Waals surface area contributed by atoms with E-state index in [0.717, 1.165) is 0 Å². The Morgan fingerprint density at radius 3 is 2.58 bits per heavy atom. The van der Waals surface area contributed by atoms with Gasteiger partial charge in [-0.3, -0.25) is 14.9 Å². The maximum atomic E-state index is 12.2. The fourth-order valence-corrected chi connectivity index (χ4v) is 1.96. The van der Waals surface area contributed by atoms with Gasteiger partial charge in [0.15, 0.2) is 0 Å². The molecule has 0 aliphatic heterocycles. The molecule has 2 aromatic carbocycles. The molecule has 0 heterocycles. The Labute approximate surface area is 139 Å². The molecule has 0 atom stereocenters. The van der Waals surface area contributed by atoms with Crippen LogP contribution in [0, 0.1) is 10.1 Å². The monoisotopic (exact) mass is 330 g/mol. The Kier molecular flexibility index (Phi) is 6.27. The molecule has 0 aliphatic rings. The Balaban J connectivity index is 1.97. The van der Waals surface area contributed by atoms with Crippen molar-refractivity contribution >= 4 is 17.3 Å². The molecule has 1 N–H and O–H groups in total. The minimum absolute atomic E-state index is 0.0299. The van der Waals surface area contributed by atoms with Crippen LogP contribution in [0.3, 0.4) is 0 Å². The molecule has 0 aliphatic carbocycles. The van der Waals surface area contributed by atoms with Crippen LogP contribution >= 0.6 is 0 Å². The minimum Gasteiger partial charge on any atom is -0.491 e. The number of hydrogen-bond acceptors (Lipinski definition) is 5. The summed E-state index contributed by atoms with van der Waals surface area (Å²) < 4.78 is 10.7. The molecule has 0 unspecified atom stereocenters. The topological polar surface area (TPSA) is 90.7 Å². The van der Waals surface area contributed by atoms with Gasteiger partial charge in [-0.25, -0.2) is 0 Å². The Hall–Kier alpha value is -2.93. The zero-order chi connectivity index (χ0) is 17.4. The second-order valence-electron chi connectivity index (χ2n) is 4.83. The van der Waals surface area contributed by atoms with Crippen LogP contribution in [0.4, 0.5) is 11.4 Å². The molecule has 2 rings (SSSR count). The van der Waals surface area contributed by atoms with Gasteiger partial charge >= 0.3 is 0 Å². The molecule has 0 fully saturated rings. The smallest absolute Gasteiger partial charge is 0.269 e. The average Bonchev–Trinajstić information content (AvgIpc) is 2.59. The fourth-order valence-electron chi connectivity index (χ4n) is 1.96. The van der Waals surface area contributed by atoms with Crippen molar-refractivity contribution in [1.82, 2.24) is 0 Å². The summed E-state index contributed by atoms with van der Waals surface area (Å²) in [6, 6.07) is 12.4. The fraction of sp³-hybridized carbons (Fsp3) is 0.235. The zero-order valence-electron chi connectivity index (χ0n) is 13.2. The van der Waals surface area contributed by atoms with Gasteiger partial charge in [-0.05, 0) is 37.3 Å². The summed E-state index contributed by atoms with van der Waals surface area (Å²) in [5.74, 6) is 0.255. The summed E-state index contributed by atoms with van der Waals surface area (Å²) in [6.45, 7) is 3.42. The third-order valence-electron chi connectivity index (χ3n) is 3.13. The van der Waals surface area contributed by atoms with E-state index in [9.17, 15) is 14.9 Å². The molecular weight excluding hydrogens is 312 g/mol. The molecule has 0 bridgehead atoms. The number of nitrogens with zero attached hydrogens (tertiary/aromatic N) is 1. The standard InChI is InChI=1S/C17H18N2O5/c1-2-23-10-11-24-16-5-3-4-13(12-16)17(20)18-14-6-8-15(9-7-14)19(21)22/h3-9,12H,2,10-11H2,1H3,(H,18,20). The number of carbonyl (C=O) groups excluding carboxylic acids is 1. The molecule has 1 amide bonds. The Morgan fingerprint density at radius 2 is 1.92 bits per heavy atom. The number of nitrogens with one attached hydrogen (secondary N) is 1. The summed E-state index contributed by atoms with van der Waals surface area (Å²) in [7, 11) is 0. The molecule has 2 aromatic rings. The molecule has 0 saturated carbocycles. The van der Waals surface area contributed by atoms with E-state index < -0.39 is 4.92 Å². The van der Waals surface area contributed by atoms with Crippen molar-refractivity contribution < 1.29 is 19.2 Å². The number of carbonyl (C=O) groups is 1. The summed E-state index contributed by atoms with van der Waals surface area (Å²) in [5.41, 5.74) is 0.883. The molecule has 0 spiro atoms. The van der Waals surface area contributed by atoms with Gasteiger partial charge < -0.3 is 14.8 Å². The number of hydrogen-bond donors (Lipinski definition) is 1. The van der Waals surface area contributed by atoms with Gasteiger partial charge in [0.25, 0.3) is 11.6 Å². The van der Waals surface area contributed by atoms with Crippen LogP contribution in [0.2, 0.25) is 0 Å². The average molecular weight is 330 g/mol. The van der Waals surface area contributed by atoms with Gasteiger partial charge in [0.05, 0.1) is 11.5 Å². The van der Waals surface area contributed by atoms with E-state index in [0.29, 0.717) is 36.8 Å². The molecule has 7 heteroatoms. The first-order chi connectivity index (χ1) is 11.6. The lowest BCUT2D eigenvalue weighted by Gasteiger charge is -2.09. The van der Waals surface area contributed by atoms with Crippen LogP contribution in [0.5, 0.6) is 5.75 Å². The summed E-state index contributed by atoms with van der Waals surface area (Å²) in [6.07, 6.45) is 0. The third kappa shape index (κ3) is 5.06. The highest BCUT2D eigenvalue weighted by Crippen LogP contribution is 2.18. The first-order valence-electron chi connectivity index (χ1n) is 7.46. The first kappa shape index (κ1) is 17.4. The highest BCUT2D eigenvalue weighted by molar-refractivity contribution is 6.04. The van der Waals surface area contributed by atoms with Crippen molar-refractivity contribution in [1.29, 1.82) is 0 Å². The van der Waals surface area contributed by atoms with Crippen LogP contribution in [-0.4, -0.2) is 30.7 Å². The zero-order valence-corrected chi connectivity index (χ0v) is 13.2. The highest BCUT2D eigenvalue weighted by atomic mass is 16.6. The number of amides is 1. The van der Waals surface area contributed by atoms with E-state index in [1.807, 2.05) is 6.92 Å². The molecule has 0 aromatic heterocycles. The van der Waals surface area contributed by atoms with Crippen LogP contribution < -0.4 is 10.1 Å². The van der Waals surface area contributed by atoms with Crippen LogP contribution in [0.15, 0.2) is 48.5 Å². The molecular formula is C17H18N2O5. The predicted molar refractivity (Wildman–Crippen MR) is 89.5 cm³/mol. The molecule has 126 valence electrons. The van der Waals surface area contributed by atoms with Crippen LogP contribution in [-0.2, 0) is 4.74 Å². The lowest BCUT2D eigenvalue weighted by atomic mass is 10.2. The summed E-state index contributed by atoms with van der Waals surface area (Å²) >= 11 is 0. The number of ether oxygens (including phenoxy) is 2. The lowest BCUT2D eigenvalue weighted by Crippen LogP contribution is -2.12. The van der Waals surface area contributed by atoms with E-state index in [-0.39, 0.29) is 11.6 Å². The number of rotatable bonds is 8. The Bertz CT molecular complexity index is 700. The van der Waals surface area contributed by atoms with Gasteiger partial charge in [0, 0.05) is 30.0 Å². The predicted octanol–water partition coefficient (Wildman–Crippen LogP) is 3.26. The van der Waals surface area contributed by atoms with E-state index in [2.05, 4.69) is 5.32 Å². The quantitative estimate of drug-likeness (QED) is 0.456. The second-order valence-corrected chi connectivity index (χ2v) is 4.83. The number of nitro benzene ring substituents is 1. The van der Waals surface area contributed by atoms with Crippen molar-refractivity contribution in [3.63, 3.8) is 0 Å². The molecule has 7 nitrogen and oxygen atoms in total. The van der Waals surface area contributed by atoms with Gasteiger partial charge in [0.2, 0.25) is 0 Å². The van der Waals surface area contributed by atoms with Gasteiger partial charge in [-0.1, -0.05) is 6.07 Å². The van der Waals surface area contributed by atoms with Crippen molar-refractivity contribution in [3.8, 4) is 5.75 Å². The number of non-ortho nitro benzene ring substituents is 1. The molecule has 24 heavy (non-hydrogen) atoms. The SMILES string of the molecule is CCOCCOc1cccc(C(=O)Nc2ccc([N+](=O)[O-])cc2)c1. The van der Waals surface area contributed by atoms with E-state index >= 15 is 0 Å². The van der Waals surface area contributed by atoms with Crippen molar-refractivity contribution in [2.75, 3.05) is 25.1 Å². The van der Waals surface area contributed by atoms with Gasteiger partial charge in [0.1, 0.15) is 12.4 Å². The summed E-state index contributed by atoms with van der Waals surface area (Å²) in [5, 5.41) is 13.3. The first-order valence-corrected chi connectivity index (χ1v) is 7.46. The molecule has 0 radical (unpaired) electrons. The van der Waals surface area contributed by atoms with Gasteiger partial charge in [-0.15, -0.1) is 0 Å². The van der Waals surface area contributed by atoms with E-state index in [1.54, 1.807) is 24.3 Å². The maximum absolute atomic E-state index is 12.2. The van der Waals surface area contributed by atoms with Gasteiger partial charge in [-0.2, -0.15) is 0 Å². The van der Waals surface area contributed by atoms with E-state index in [1.165, 1.54) is 24.3 Å². The van der Waals surface area contributed by atoms with E-state index in [4.69, 9.17) is 9.47 Å². The van der Waals surface area contributed by atoms with Crippen molar-refractivity contribution in [2.45, 2.75) is 6.92 Å². The highest BCUT2D eigenvalue weighted by Gasteiger charge is 2.09.